The number of hydrogen-bond donors (Lipinski definition) is 2. The van der Waals surface area contributed by atoms with Gasteiger partial charge in [0.25, 0.3) is 0 Å². The van der Waals surface area contributed by atoms with E-state index in [1.165, 1.54) is 0 Å². The molecule has 0 saturated heterocycles. The summed E-state index contributed by atoms with van der Waals surface area (Å²) < 4.78 is 2.06. The lowest BCUT2D eigenvalue weighted by Crippen LogP contribution is -2.29. The highest BCUT2D eigenvalue weighted by Gasteiger charge is 2.07. The largest absolute Gasteiger partial charge is 0.396 e. The van der Waals surface area contributed by atoms with Gasteiger partial charge in [-0.15, -0.1) is 0 Å². The van der Waals surface area contributed by atoms with E-state index in [4.69, 9.17) is 16.7 Å². The first-order valence-electron chi connectivity index (χ1n) is 7.22. The molecule has 1 aromatic heterocycles. The second-order valence-electron chi connectivity index (χ2n) is 5.38. The summed E-state index contributed by atoms with van der Waals surface area (Å²) in [4.78, 5) is 11.8. The van der Waals surface area contributed by atoms with Gasteiger partial charge in [0.15, 0.2) is 0 Å². The Morgan fingerprint density at radius 3 is 3.00 bits per heavy atom. The summed E-state index contributed by atoms with van der Waals surface area (Å²) in [5.74, 6) is 0.337. The molecule has 2 rings (SSSR count). The number of aliphatic hydroxyl groups is 1. The number of fused-ring (bicyclic) bond motifs is 1. The van der Waals surface area contributed by atoms with Crippen LogP contribution >= 0.6 is 11.6 Å². The van der Waals surface area contributed by atoms with Gasteiger partial charge in [-0.3, -0.25) is 4.79 Å². The number of hydrogen-bond acceptors (Lipinski definition) is 2. The molecule has 0 bridgehead atoms. The first-order valence-corrected chi connectivity index (χ1v) is 7.60. The minimum atomic E-state index is 0.0376. The quantitative estimate of drug-likeness (QED) is 0.826. The van der Waals surface area contributed by atoms with Crippen molar-refractivity contribution in [2.24, 2.45) is 5.92 Å². The molecule has 1 aromatic carbocycles. The molecule has 5 heteroatoms. The maximum absolute atomic E-state index is 11.8. The molecule has 1 amide bonds. The first kappa shape index (κ1) is 15.9. The van der Waals surface area contributed by atoms with E-state index in [1.54, 1.807) is 0 Å². The van der Waals surface area contributed by atoms with Crippen molar-refractivity contribution in [3.63, 3.8) is 0 Å². The normalized spacial score (nSPS) is 12.5. The summed E-state index contributed by atoms with van der Waals surface area (Å²) in [6, 6.07) is 7.75. The number of carbonyl (C=O) groups excluding carboxylic acids is 1. The number of nitrogens with zero attached hydrogens (tertiary/aromatic N) is 1. The van der Waals surface area contributed by atoms with Gasteiger partial charge in [-0.2, -0.15) is 0 Å². The predicted molar refractivity (Wildman–Crippen MR) is 85.4 cm³/mol. The Balaban J connectivity index is 1.85. The zero-order valence-corrected chi connectivity index (χ0v) is 12.9. The third kappa shape index (κ3) is 4.48. The summed E-state index contributed by atoms with van der Waals surface area (Å²) >= 11 is 5.96. The highest BCUT2D eigenvalue weighted by atomic mass is 35.5. The van der Waals surface area contributed by atoms with Crippen LogP contribution < -0.4 is 5.32 Å². The van der Waals surface area contributed by atoms with Gasteiger partial charge in [0.05, 0.1) is 0 Å². The Bertz CT molecular complexity index is 609. The van der Waals surface area contributed by atoms with Gasteiger partial charge in [0.1, 0.15) is 0 Å². The lowest BCUT2D eigenvalue weighted by molar-refractivity contribution is -0.121. The highest BCUT2D eigenvalue weighted by molar-refractivity contribution is 6.31. The monoisotopic (exact) mass is 308 g/mol. The summed E-state index contributed by atoms with van der Waals surface area (Å²) in [5.41, 5.74) is 1.08. The lowest BCUT2D eigenvalue weighted by atomic mass is 10.1. The molecule has 0 aliphatic rings. The number of amides is 1. The molecule has 1 unspecified atom stereocenters. The molecule has 0 aliphatic heterocycles. The van der Waals surface area contributed by atoms with Crippen molar-refractivity contribution in [1.82, 2.24) is 9.88 Å². The van der Waals surface area contributed by atoms with Crippen LogP contribution in [-0.2, 0) is 11.3 Å². The SMILES string of the molecule is CC(CCO)CNC(=O)CCn1ccc2cc(Cl)ccc21. The molecule has 0 aliphatic carbocycles. The smallest absolute Gasteiger partial charge is 0.221 e. The van der Waals surface area contributed by atoms with Crippen LogP contribution in [0.5, 0.6) is 0 Å². The third-order valence-corrected chi connectivity index (χ3v) is 3.82. The van der Waals surface area contributed by atoms with Crippen molar-refractivity contribution in [3.8, 4) is 0 Å². The molecule has 0 radical (unpaired) electrons. The van der Waals surface area contributed by atoms with Gasteiger partial charge in [0.2, 0.25) is 5.91 Å². The van der Waals surface area contributed by atoms with Crippen molar-refractivity contribution in [2.45, 2.75) is 26.3 Å². The fourth-order valence-corrected chi connectivity index (χ4v) is 2.47. The standard InChI is InChI=1S/C16H21ClN2O2/c1-12(6-9-20)11-18-16(21)5-8-19-7-4-13-10-14(17)2-3-15(13)19/h2-4,7,10,12,20H,5-6,8-9,11H2,1H3,(H,18,21). The number of aliphatic hydroxyl groups excluding tert-OH is 1. The second kappa shape index (κ2) is 7.48. The fraction of sp³-hybridized carbons (Fsp3) is 0.438. The molecule has 0 spiro atoms. The van der Waals surface area contributed by atoms with Gasteiger partial charge in [-0.1, -0.05) is 18.5 Å². The lowest BCUT2D eigenvalue weighted by Gasteiger charge is -2.11. The zero-order chi connectivity index (χ0) is 15.2. The van der Waals surface area contributed by atoms with E-state index in [2.05, 4.69) is 9.88 Å². The van der Waals surface area contributed by atoms with Gasteiger partial charge >= 0.3 is 0 Å². The molecule has 1 heterocycles. The van der Waals surface area contributed by atoms with E-state index in [9.17, 15) is 4.79 Å². The molecule has 21 heavy (non-hydrogen) atoms. The summed E-state index contributed by atoms with van der Waals surface area (Å²) in [5, 5.41) is 13.5. The van der Waals surface area contributed by atoms with Gasteiger partial charge in [-0.05, 0) is 36.6 Å². The first-order chi connectivity index (χ1) is 10.1. The fourth-order valence-electron chi connectivity index (χ4n) is 2.29. The average molecular weight is 309 g/mol. The zero-order valence-electron chi connectivity index (χ0n) is 12.2. The van der Waals surface area contributed by atoms with E-state index in [-0.39, 0.29) is 12.5 Å². The van der Waals surface area contributed by atoms with Crippen LogP contribution in [0.1, 0.15) is 19.8 Å². The van der Waals surface area contributed by atoms with Crippen LogP contribution in [0.25, 0.3) is 10.9 Å². The van der Waals surface area contributed by atoms with E-state index in [0.29, 0.717) is 31.8 Å². The summed E-state index contributed by atoms with van der Waals surface area (Å²) in [6.07, 6.45) is 3.13. The van der Waals surface area contributed by atoms with E-state index in [0.717, 1.165) is 15.9 Å². The summed E-state index contributed by atoms with van der Waals surface area (Å²) in [7, 11) is 0. The minimum absolute atomic E-state index is 0.0376. The Kier molecular flexibility index (Phi) is 5.65. The number of aromatic nitrogens is 1. The third-order valence-electron chi connectivity index (χ3n) is 3.58. The summed E-state index contributed by atoms with van der Waals surface area (Å²) in [6.45, 7) is 3.43. The number of rotatable bonds is 7. The van der Waals surface area contributed by atoms with E-state index < -0.39 is 0 Å². The van der Waals surface area contributed by atoms with E-state index in [1.807, 2.05) is 37.4 Å². The van der Waals surface area contributed by atoms with E-state index >= 15 is 0 Å². The Morgan fingerprint density at radius 2 is 2.24 bits per heavy atom. The maximum atomic E-state index is 11.8. The van der Waals surface area contributed by atoms with Crippen LogP contribution in [0, 0.1) is 5.92 Å². The Hall–Kier alpha value is -1.52. The van der Waals surface area contributed by atoms with Crippen LogP contribution in [0.3, 0.4) is 0 Å². The van der Waals surface area contributed by atoms with Crippen molar-refractivity contribution in [1.29, 1.82) is 0 Å². The van der Waals surface area contributed by atoms with Crippen molar-refractivity contribution < 1.29 is 9.90 Å². The number of halogens is 1. The van der Waals surface area contributed by atoms with Gasteiger partial charge in [0, 0.05) is 48.2 Å². The number of benzene rings is 1. The molecule has 0 fully saturated rings. The van der Waals surface area contributed by atoms with Crippen LogP contribution in [-0.4, -0.2) is 28.7 Å². The Labute approximate surface area is 129 Å². The van der Waals surface area contributed by atoms with Crippen LogP contribution in [0.4, 0.5) is 0 Å². The number of carbonyl (C=O) groups is 1. The van der Waals surface area contributed by atoms with Crippen LogP contribution in [0.15, 0.2) is 30.5 Å². The maximum Gasteiger partial charge on any atom is 0.221 e. The number of aryl methyl sites for hydroxylation is 1. The average Bonchev–Trinajstić information content (AvgIpc) is 2.85. The molecule has 2 aromatic rings. The topological polar surface area (TPSA) is 54.3 Å². The van der Waals surface area contributed by atoms with Crippen molar-refractivity contribution in [2.75, 3.05) is 13.2 Å². The molecule has 4 nitrogen and oxygen atoms in total. The van der Waals surface area contributed by atoms with Crippen LogP contribution in [0.2, 0.25) is 5.02 Å². The number of nitrogens with one attached hydrogen (secondary N) is 1. The van der Waals surface area contributed by atoms with Crippen molar-refractivity contribution >= 4 is 28.4 Å². The van der Waals surface area contributed by atoms with Gasteiger partial charge in [-0.25, -0.2) is 0 Å². The molecular formula is C16H21ClN2O2. The molecule has 2 N–H and O–H groups in total. The molecule has 1 atom stereocenters. The highest BCUT2D eigenvalue weighted by Crippen LogP contribution is 2.20. The van der Waals surface area contributed by atoms with Gasteiger partial charge < -0.3 is 15.0 Å². The minimum Gasteiger partial charge on any atom is -0.396 e. The second-order valence-corrected chi connectivity index (χ2v) is 5.82. The Morgan fingerprint density at radius 1 is 1.43 bits per heavy atom. The molecule has 114 valence electrons. The molecule has 0 saturated carbocycles. The predicted octanol–water partition coefficient (Wildman–Crippen LogP) is 2.82. The molecular weight excluding hydrogens is 288 g/mol. The van der Waals surface area contributed by atoms with Crippen molar-refractivity contribution in [3.05, 3.63) is 35.5 Å².